The lowest BCUT2D eigenvalue weighted by Gasteiger charge is -2.34. The van der Waals surface area contributed by atoms with Gasteiger partial charge in [-0.3, -0.25) is 9.69 Å². The highest BCUT2D eigenvalue weighted by Crippen LogP contribution is 2.20. The Morgan fingerprint density at radius 3 is 1.93 bits per heavy atom. The number of carbonyl (C=O) groups is 1. The van der Waals surface area contributed by atoms with E-state index < -0.39 is 0 Å². The lowest BCUT2D eigenvalue weighted by molar-refractivity contribution is 0.0636. The van der Waals surface area contributed by atoms with Crippen LogP contribution in [0.1, 0.15) is 22.3 Å². The Bertz CT molecular complexity index is 898. The van der Waals surface area contributed by atoms with Gasteiger partial charge in [0, 0.05) is 31.7 Å². The van der Waals surface area contributed by atoms with Crippen molar-refractivity contribution in [2.75, 3.05) is 32.7 Å². The van der Waals surface area contributed by atoms with Crippen LogP contribution in [0.5, 0.6) is 0 Å². The summed E-state index contributed by atoms with van der Waals surface area (Å²) in [4.78, 5) is 17.3. The smallest absolute Gasteiger partial charge is 0.253 e. The number of piperazine rings is 1. The molecule has 0 bridgehead atoms. The zero-order chi connectivity index (χ0) is 19.9. The highest BCUT2D eigenvalue weighted by Gasteiger charge is 2.21. The summed E-state index contributed by atoms with van der Waals surface area (Å²) >= 11 is 0. The molecule has 1 aliphatic heterocycles. The molecular formula is C26H28N2O. The van der Waals surface area contributed by atoms with Crippen LogP contribution in [-0.4, -0.2) is 48.4 Å². The van der Waals surface area contributed by atoms with E-state index in [1.807, 2.05) is 47.4 Å². The van der Waals surface area contributed by atoms with Gasteiger partial charge < -0.3 is 4.90 Å². The Morgan fingerprint density at radius 1 is 0.690 bits per heavy atom. The predicted molar refractivity (Wildman–Crippen MR) is 119 cm³/mol. The van der Waals surface area contributed by atoms with Crippen molar-refractivity contribution in [1.82, 2.24) is 9.80 Å². The van der Waals surface area contributed by atoms with Crippen molar-refractivity contribution < 1.29 is 4.79 Å². The molecule has 0 radical (unpaired) electrons. The van der Waals surface area contributed by atoms with Crippen LogP contribution in [0.4, 0.5) is 0 Å². The Labute approximate surface area is 173 Å². The van der Waals surface area contributed by atoms with Crippen molar-refractivity contribution in [2.45, 2.75) is 12.8 Å². The van der Waals surface area contributed by atoms with Crippen molar-refractivity contribution in [3.63, 3.8) is 0 Å². The maximum atomic E-state index is 12.9. The van der Waals surface area contributed by atoms with Gasteiger partial charge in [-0.15, -0.1) is 0 Å². The minimum Gasteiger partial charge on any atom is -0.336 e. The SMILES string of the molecule is O=C(c1ccc(-c2ccccc2)cc1)N1CCN(CCCc2ccccc2)CC1. The van der Waals surface area contributed by atoms with Crippen LogP contribution >= 0.6 is 0 Å². The molecule has 148 valence electrons. The molecule has 3 nitrogen and oxygen atoms in total. The van der Waals surface area contributed by atoms with Gasteiger partial charge in [-0.25, -0.2) is 0 Å². The molecule has 1 heterocycles. The maximum absolute atomic E-state index is 12.9. The molecule has 4 rings (SSSR count). The summed E-state index contributed by atoms with van der Waals surface area (Å²) in [7, 11) is 0. The molecular weight excluding hydrogens is 356 g/mol. The summed E-state index contributed by atoms with van der Waals surface area (Å²) in [5.41, 5.74) is 4.50. The van der Waals surface area contributed by atoms with E-state index in [1.54, 1.807) is 0 Å². The molecule has 0 aliphatic carbocycles. The summed E-state index contributed by atoms with van der Waals surface area (Å²) < 4.78 is 0. The van der Waals surface area contributed by atoms with Crippen LogP contribution < -0.4 is 0 Å². The molecule has 1 fully saturated rings. The molecule has 0 atom stereocenters. The number of nitrogens with zero attached hydrogens (tertiary/aromatic N) is 2. The zero-order valence-electron chi connectivity index (χ0n) is 16.8. The summed E-state index contributed by atoms with van der Waals surface area (Å²) in [6.45, 7) is 4.64. The number of amides is 1. The van der Waals surface area contributed by atoms with Gasteiger partial charge in [0.05, 0.1) is 0 Å². The molecule has 0 aromatic heterocycles. The first-order valence-corrected chi connectivity index (χ1v) is 10.5. The maximum Gasteiger partial charge on any atom is 0.253 e. The second-order valence-corrected chi connectivity index (χ2v) is 7.67. The van der Waals surface area contributed by atoms with Gasteiger partial charge in [-0.05, 0) is 48.2 Å². The fourth-order valence-corrected chi connectivity index (χ4v) is 3.94. The second-order valence-electron chi connectivity index (χ2n) is 7.67. The highest BCUT2D eigenvalue weighted by atomic mass is 16.2. The number of hydrogen-bond acceptors (Lipinski definition) is 2. The van der Waals surface area contributed by atoms with Crippen LogP contribution in [0.25, 0.3) is 11.1 Å². The summed E-state index contributed by atoms with van der Waals surface area (Å²) in [5.74, 6) is 0.147. The van der Waals surface area contributed by atoms with Gasteiger partial charge in [-0.1, -0.05) is 72.8 Å². The zero-order valence-corrected chi connectivity index (χ0v) is 16.8. The van der Waals surface area contributed by atoms with E-state index in [0.717, 1.165) is 50.3 Å². The van der Waals surface area contributed by atoms with Gasteiger partial charge in [0.1, 0.15) is 0 Å². The average molecular weight is 385 g/mol. The van der Waals surface area contributed by atoms with Crippen LogP contribution in [0.3, 0.4) is 0 Å². The van der Waals surface area contributed by atoms with Gasteiger partial charge >= 0.3 is 0 Å². The summed E-state index contributed by atoms with van der Waals surface area (Å²) in [6, 6.07) is 28.9. The molecule has 3 heteroatoms. The molecule has 0 spiro atoms. The van der Waals surface area contributed by atoms with Crippen LogP contribution in [0, 0.1) is 0 Å². The molecule has 1 saturated heterocycles. The minimum atomic E-state index is 0.147. The molecule has 0 saturated carbocycles. The quantitative estimate of drug-likeness (QED) is 0.613. The summed E-state index contributed by atoms with van der Waals surface area (Å²) in [6.07, 6.45) is 2.28. The fourth-order valence-electron chi connectivity index (χ4n) is 3.94. The second kappa shape index (κ2) is 9.53. The standard InChI is InChI=1S/C26H28N2O/c29-26(25-15-13-24(14-16-25)23-11-5-2-6-12-23)28-20-18-27(19-21-28)17-7-10-22-8-3-1-4-9-22/h1-6,8-9,11-16H,7,10,17-21H2. The molecule has 3 aromatic rings. The van der Waals surface area contributed by atoms with Crippen LogP contribution in [0.2, 0.25) is 0 Å². The number of hydrogen-bond donors (Lipinski definition) is 0. The van der Waals surface area contributed by atoms with Gasteiger partial charge in [0.2, 0.25) is 0 Å². The molecule has 0 unspecified atom stereocenters. The van der Waals surface area contributed by atoms with Crippen molar-refractivity contribution >= 4 is 5.91 Å². The largest absolute Gasteiger partial charge is 0.336 e. The lowest BCUT2D eigenvalue weighted by Crippen LogP contribution is -2.48. The summed E-state index contributed by atoms with van der Waals surface area (Å²) in [5, 5.41) is 0. The van der Waals surface area contributed by atoms with E-state index in [0.29, 0.717) is 0 Å². The van der Waals surface area contributed by atoms with E-state index in [-0.39, 0.29) is 5.91 Å². The van der Waals surface area contributed by atoms with E-state index in [4.69, 9.17) is 0 Å². The first-order valence-electron chi connectivity index (χ1n) is 10.5. The molecule has 0 N–H and O–H groups in total. The molecule has 1 amide bonds. The van der Waals surface area contributed by atoms with Crippen molar-refractivity contribution in [2.24, 2.45) is 0 Å². The third-order valence-corrected chi connectivity index (χ3v) is 5.68. The Morgan fingerprint density at radius 2 is 1.28 bits per heavy atom. The molecule has 1 aliphatic rings. The van der Waals surface area contributed by atoms with Crippen LogP contribution in [0.15, 0.2) is 84.9 Å². The minimum absolute atomic E-state index is 0.147. The predicted octanol–water partition coefficient (Wildman–Crippen LogP) is 4.74. The Kier molecular flexibility index (Phi) is 6.38. The highest BCUT2D eigenvalue weighted by molar-refractivity contribution is 5.94. The number of carbonyl (C=O) groups excluding carboxylic acids is 1. The molecule has 29 heavy (non-hydrogen) atoms. The van der Waals surface area contributed by atoms with Gasteiger partial charge in [0.15, 0.2) is 0 Å². The Hall–Kier alpha value is -2.91. The average Bonchev–Trinajstić information content (AvgIpc) is 2.80. The first kappa shape index (κ1) is 19.4. The topological polar surface area (TPSA) is 23.6 Å². The first-order chi connectivity index (χ1) is 14.3. The third-order valence-electron chi connectivity index (χ3n) is 5.68. The Balaban J connectivity index is 1.25. The van der Waals surface area contributed by atoms with E-state index in [9.17, 15) is 4.79 Å². The van der Waals surface area contributed by atoms with E-state index in [1.165, 1.54) is 17.5 Å². The third kappa shape index (κ3) is 5.12. The van der Waals surface area contributed by atoms with Crippen molar-refractivity contribution in [3.05, 3.63) is 96.1 Å². The number of benzene rings is 3. The normalized spacial score (nSPS) is 14.7. The fraction of sp³-hybridized carbons (Fsp3) is 0.269. The number of rotatable bonds is 6. The molecule has 3 aromatic carbocycles. The monoisotopic (exact) mass is 384 g/mol. The van der Waals surface area contributed by atoms with Gasteiger partial charge in [0.25, 0.3) is 5.91 Å². The van der Waals surface area contributed by atoms with Crippen LogP contribution in [-0.2, 0) is 6.42 Å². The lowest BCUT2D eigenvalue weighted by atomic mass is 10.0. The van der Waals surface area contributed by atoms with E-state index >= 15 is 0 Å². The van der Waals surface area contributed by atoms with E-state index in [2.05, 4.69) is 47.4 Å². The van der Waals surface area contributed by atoms with Gasteiger partial charge in [-0.2, -0.15) is 0 Å². The number of aryl methyl sites for hydroxylation is 1. The van der Waals surface area contributed by atoms with Crippen molar-refractivity contribution in [1.29, 1.82) is 0 Å². The van der Waals surface area contributed by atoms with Crippen molar-refractivity contribution in [3.8, 4) is 11.1 Å².